The Balaban J connectivity index is 2.42. The molecule has 2 aromatic rings. The summed E-state index contributed by atoms with van der Waals surface area (Å²) in [6.07, 6.45) is 1.33. The second kappa shape index (κ2) is 4.04. The van der Waals surface area contributed by atoms with E-state index in [0.717, 1.165) is 0 Å². The largest absolute Gasteiger partial charge is 0.364 e. The van der Waals surface area contributed by atoms with Crippen molar-refractivity contribution in [3.63, 3.8) is 0 Å². The van der Waals surface area contributed by atoms with E-state index in [4.69, 9.17) is 23.2 Å². The second-order valence-corrected chi connectivity index (χ2v) is 3.68. The molecule has 0 N–H and O–H groups in total. The van der Waals surface area contributed by atoms with Crippen LogP contribution in [0, 0.1) is 0 Å². The summed E-state index contributed by atoms with van der Waals surface area (Å²) < 4.78 is 4.58. The van der Waals surface area contributed by atoms with Crippen LogP contribution in [0.5, 0.6) is 0 Å². The summed E-state index contributed by atoms with van der Waals surface area (Å²) in [6.45, 7) is 0. The standard InChI is InChI=1S/C10H5Cl2NO2/c11-6-1-2-7(8(12)5-6)10(14)9-3-4-15-13-9/h1-5H. The Kier molecular flexibility index (Phi) is 2.75. The van der Waals surface area contributed by atoms with Gasteiger partial charge in [0, 0.05) is 16.7 Å². The first-order valence-corrected chi connectivity index (χ1v) is 4.84. The molecule has 0 aliphatic rings. The normalized spacial score (nSPS) is 10.3. The molecule has 0 unspecified atom stereocenters. The molecule has 0 saturated carbocycles. The zero-order valence-electron chi connectivity index (χ0n) is 7.41. The predicted octanol–water partition coefficient (Wildman–Crippen LogP) is 3.21. The van der Waals surface area contributed by atoms with Crippen molar-refractivity contribution >= 4 is 29.0 Å². The minimum absolute atomic E-state index is 0.222. The number of benzene rings is 1. The van der Waals surface area contributed by atoms with Gasteiger partial charge < -0.3 is 4.52 Å². The van der Waals surface area contributed by atoms with Gasteiger partial charge in [-0.05, 0) is 18.2 Å². The number of hydrogen-bond donors (Lipinski definition) is 0. The molecule has 0 aliphatic heterocycles. The van der Waals surface area contributed by atoms with E-state index < -0.39 is 0 Å². The van der Waals surface area contributed by atoms with Gasteiger partial charge in [-0.1, -0.05) is 28.4 Å². The fourth-order valence-corrected chi connectivity index (χ4v) is 1.64. The molecule has 1 heterocycles. The van der Waals surface area contributed by atoms with Crippen molar-refractivity contribution in [2.45, 2.75) is 0 Å². The summed E-state index contributed by atoms with van der Waals surface area (Å²) in [5.74, 6) is -0.287. The molecule has 1 aromatic heterocycles. The lowest BCUT2D eigenvalue weighted by Crippen LogP contribution is -2.02. The number of rotatable bonds is 2. The van der Waals surface area contributed by atoms with Gasteiger partial charge in [-0.2, -0.15) is 0 Å². The van der Waals surface area contributed by atoms with Gasteiger partial charge in [0.15, 0.2) is 5.69 Å². The van der Waals surface area contributed by atoms with Gasteiger partial charge in [0.2, 0.25) is 5.78 Å². The fourth-order valence-electron chi connectivity index (χ4n) is 1.14. The van der Waals surface area contributed by atoms with Crippen molar-refractivity contribution in [1.29, 1.82) is 0 Å². The lowest BCUT2D eigenvalue weighted by Gasteiger charge is -2.00. The number of ketones is 1. The number of hydrogen-bond acceptors (Lipinski definition) is 3. The first kappa shape index (κ1) is 10.2. The maximum absolute atomic E-state index is 11.8. The molecule has 0 atom stereocenters. The lowest BCUT2D eigenvalue weighted by atomic mass is 10.1. The Hall–Kier alpha value is -1.32. The fraction of sp³-hybridized carbons (Fsp3) is 0. The molecule has 2 rings (SSSR count). The lowest BCUT2D eigenvalue weighted by molar-refractivity contribution is 0.103. The summed E-state index contributed by atoms with van der Waals surface area (Å²) >= 11 is 11.6. The maximum Gasteiger partial charge on any atom is 0.216 e. The first-order valence-electron chi connectivity index (χ1n) is 4.08. The smallest absolute Gasteiger partial charge is 0.216 e. The van der Waals surface area contributed by atoms with Gasteiger partial charge in [-0.25, -0.2) is 0 Å². The molecule has 1 aromatic carbocycles. The summed E-state index contributed by atoms with van der Waals surface area (Å²) in [7, 11) is 0. The zero-order valence-corrected chi connectivity index (χ0v) is 8.92. The highest BCUT2D eigenvalue weighted by molar-refractivity contribution is 6.37. The van der Waals surface area contributed by atoms with Crippen LogP contribution in [-0.4, -0.2) is 10.9 Å². The van der Waals surface area contributed by atoms with Crippen LogP contribution < -0.4 is 0 Å². The molecule has 3 nitrogen and oxygen atoms in total. The van der Waals surface area contributed by atoms with Gasteiger partial charge in [0.05, 0.1) is 5.02 Å². The molecule has 0 fully saturated rings. The van der Waals surface area contributed by atoms with E-state index in [1.54, 1.807) is 12.1 Å². The average molecular weight is 242 g/mol. The van der Waals surface area contributed by atoms with Crippen molar-refractivity contribution in [2.24, 2.45) is 0 Å². The third kappa shape index (κ3) is 2.03. The van der Waals surface area contributed by atoms with Gasteiger partial charge in [0.1, 0.15) is 6.26 Å². The van der Waals surface area contributed by atoms with E-state index in [2.05, 4.69) is 9.68 Å². The molecular formula is C10H5Cl2NO2. The van der Waals surface area contributed by atoms with Gasteiger partial charge >= 0.3 is 0 Å². The van der Waals surface area contributed by atoms with Crippen LogP contribution in [0.1, 0.15) is 16.1 Å². The Morgan fingerprint density at radius 1 is 1.27 bits per heavy atom. The number of halogens is 2. The summed E-state index contributed by atoms with van der Waals surface area (Å²) in [4.78, 5) is 11.8. The van der Waals surface area contributed by atoms with Crippen molar-refractivity contribution in [3.05, 3.63) is 51.8 Å². The summed E-state index contributed by atoms with van der Waals surface area (Å²) in [6, 6.07) is 6.14. The zero-order chi connectivity index (χ0) is 10.8. The van der Waals surface area contributed by atoms with E-state index in [9.17, 15) is 4.79 Å². The van der Waals surface area contributed by atoms with Crippen molar-refractivity contribution in [3.8, 4) is 0 Å². The van der Waals surface area contributed by atoms with Crippen molar-refractivity contribution in [2.75, 3.05) is 0 Å². The number of carbonyl (C=O) groups excluding carboxylic acids is 1. The second-order valence-electron chi connectivity index (χ2n) is 2.84. The monoisotopic (exact) mass is 241 g/mol. The van der Waals surface area contributed by atoms with Crippen LogP contribution in [0.25, 0.3) is 0 Å². The maximum atomic E-state index is 11.8. The van der Waals surface area contributed by atoms with E-state index >= 15 is 0 Å². The van der Waals surface area contributed by atoms with Crippen molar-refractivity contribution in [1.82, 2.24) is 5.16 Å². The molecule has 0 spiro atoms. The van der Waals surface area contributed by atoms with Crippen LogP contribution in [0.4, 0.5) is 0 Å². The minimum atomic E-state index is -0.287. The SMILES string of the molecule is O=C(c1ccon1)c1ccc(Cl)cc1Cl. The number of nitrogens with zero attached hydrogens (tertiary/aromatic N) is 1. The third-order valence-corrected chi connectivity index (χ3v) is 2.39. The molecule has 76 valence electrons. The van der Waals surface area contributed by atoms with Crippen LogP contribution in [0.3, 0.4) is 0 Å². The Morgan fingerprint density at radius 2 is 2.07 bits per heavy atom. The first-order chi connectivity index (χ1) is 7.18. The minimum Gasteiger partial charge on any atom is -0.364 e. The van der Waals surface area contributed by atoms with E-state index in [0.29, 0.717) is 15.6 Å². The highest BCUT2D eigenvalue weighted by Crippen LogP contribution is 2.22. The van der Waals surface area contributed by atoms with Crippen LogP contribution in [0.15, 0.2) is 35.1 Å². The third-order valence-electron chi connectivity index (χ3n) is 1.85. The van der Waals surface area contributed by atoms with Crippen molar-refractivity contribution < 1.29 is 9.32 Å². The Morgan fingerprint density at radius 3 is 2.67 bits per heavy atom. The van der Waals surface area contributed by atoms with Gasteiger partial charge in [-0.15, -0.1) is 0 Å². The highest BCUT2D eigenvalue weighted by Gasteiger charge is 2.15. The Bertz CT molecular complexity index is 494. The molecule has 0 aliphatic carbocycles. The predicted molar refractivity (Wildman–Crippen MR) is 56.4 cm³/mol. The summed E-state index contributed by atoms with van der Waals surface area (Å²) in [5, 5.41) is 4.32. The molecule has 0 saturated heterocycles. The van der Waals surface area contributed by atoms with E-state index in [1.165, 1.54) is 18.4 Å². The average Bonchev–Trinajstić information content (AvgIpc) is 2.69. The molecule has 5 heteroatoms. The molecule has 0 amide bonds. The summed E-state index contributed by atoms with van der Waals surface area (Å²) in [5.41, 5.74) is 0.578. The van der Waals surface area contributed by atoms with Crippen LogP contribution >= 0.6 is 23.2 Å². The van der Waals surface area contributed by atoms with Crippen LogP contribution in [-0.2, 0) is 0 Å². The topological polar surface area (TPSA) is 43.1 Å². The van der Waals surface area contributed by atoms with Gasteiger partial charge in [0.25, 0.3) is 0 Å². The van der Waals surface area contributed by atoms with E-state index in [1.807, 2.05) is 0 Å². The number of aromatic nitrogens is 1. The highest BCUT2D eigenvalue weighted by atomic mass is 35.5. The quantitative estimate of drug-likeness (QED) is 0.759. The molecule has 0 radical (unpaired) electrons. The molecule has 0 bridgehead atoms. The Labute approximate surface area is 95.6 Å². The van der Waals surface area contributed by atoms with Gasteiger partial charge in [-0.3, -0.25) is 4.79 Å². The molecule has 15 heavy (non-hydrogen) atoms. The molecular weight excluding hydrogens is 237 g/mol. The van der Waals surface area contributed by atoms with Crippen LogP contribution in [0.2, 0.25) is 10.0 Å². The van der Waals surface area contributed by atoms with E-state index in [-0.39, 0.29) is 11.5 Å². The number of carbonyl (C=O) groups is 1.